The number of nitrogens with one attached hydrogen (secondary N) is 2. The quantitative estimate of drug-likeness (QED) is 0.364. The number of ether oxygens (including phenoxy) is 1. The Hall–Kier alpha value is -3.70. The molecule has 2 aliphatic rings. The molecule has 11 heteroatoms. The molecule has 1 amide bonds. The molecule has 3 heterocycles. The van der Waals surface area contributed by atoms with E-state index in [0.29, 0.717) is 17.6 Å². The van der Waals surface area contributed by atoms with Crippen LogP contribution in [0.1, 0.15) is 42.6 Å². The van der Waals surface area contributed by atoms with Gasteiger partial charge >= 0.3 is 6.36 Å². The van der Waals surface area contributed by atoms with E-state index in [1.165, 1.54) is 30.3 Å². The minimum absolute atomic E-state index is 0.0155. The Labute approximate surface area is 242 Å². The van der Waals surface area contributed by atoms with Crippen LogP contribution in [-0.4, -0.2) is 66.5 Å². The number of benzene rings is 2. The van der Waals surface area contributed by atoms with Gasteiger partial charge < -0.3 is 20.3 Å². The van der Waals surface area contributed by atoms with Crippen LogP contribution < -0.4 is 20.3 Å². The van der Waals surface area contributed by atoms with Gasteiger partial charge in [0.2, 0.25) is 0 Å². The monoisotopic (exact) mass is 585 g/mol. The van der Waals surface area contributed by atoms with Crippen LogP contribution in [0.4, 0.5) is 23.4 Å². The van der Waals surface area contributed by atoms with Gasteiger partial charge in [0, 0.05) is 68.2 Å². The van der Waals surface area contributed by atoms with Gasteiger partial charge in [-0.15, -0.1) is 13.2 Å². The van der Waals surface area contributed by atoms with Crippen molar-refractivity contribution < 1.29 is 27.1 Å². The van der Waals surface area contributed by atoms with Crippen molar-refractivity contribution in [3.63, 3.8) is 0 Å². The third-order valence-electron chi connectivity index (χ3n) is 7.65. The zero-order chi connectivity index (χ0) is 29.9. The Morgan fingerprint density at radius 3 is 2.33 bits per heavy atom. The summed E-state index contributed by atoms with van der Waals surface area (Å²) < 4.78 is 55.8. The smallest absolute Gasteiger partial charge is 0.406 e. The van der Waals surface area contributed by atoms with Crippen LogP contribution in [0.3, 0.4) is 0 Å². The molecule has 7 nitrogen and oxygen atoms in total. The number of rotatable bonds is 7. The van der Waals surface area contributed by atoms with Crippen LogP contribution in [0.5, 0.6) is 5.75 Å². The van der Waals surface area contributed by atoms with Crippen LogP contribution in [-0.2, 0) is 6.54 Å². The molecule has 2 N–H and O–H groups in total. The van der Waals surface area contributed by atoms with Crippen LogP contribution >= 0.6 is 0 Å². The first kappa shape index (κ1) is 29.8. The van der Waals surface area contributed by atoms with Gasteiger partial charge in [0.15, 0.2) is 0 Å². The molecule has 3 aromatic rings. The highest BCUT2D eigenvalue weighted by atomic mass is 19.4. The summed E-state index contributed by atoms with van der Waals surface area (Å²) in [6.07, 6.45) is -1.30. The molecular weight excluding hydrogens is 550 g/mol. The number of pyridine rings is 1. The van der Waals surface area contributed by atoms with Gasteiger partial charge in [-0.25, -0.2) is 9.37 Å². The van der Waals surface area contributed by atoms with E-state index in [1.54, 1.807) is 0 Å². The molecule has 2 aromatic carbocycles. The van der Waals surface area contributed by atoms with Crippen LogP contribution in [0.2, 0.25) is 0 Å². The second-order valence-corrected chi connectivity index (χ2v) is 11.2. The SMILES string of the molecule is CC1CN(c2ccc(CN3CCC(NC(=O)c4ccc(F)c(-c5ccc(OC(F)(F)F)cc5)c4)CC3)cn2)CC(C)N1. The molecule has 0 spiro atoms. The fraction of sp³-hybridized carbons (Fsp3) is 0.419. The zero-order valence-corrected chi connectivity index (χ0v) is 23.6. The predicted molar refractivity (Wildman–Crippen MR) is 153 cm³/mol. The van der Waals surface area contributed by atoms with E-state index in [9.17, 15) is 22.4 Å². The summed E-state index contributed by atoms with van der Waals surface area (Å²) in [4.78, 5) is 22.4. The summed E-state index contributed by atoms with van der Waals surface area (Å²) in [7, 11) is 0. The normalized spacial score (nSPS) is 20.4. The highest BCUT2D eigenvalue weighted by Gasteiger charge is 2.31. The minimum atomic E-state index is -4.81. The van der Waals surface area contributed by atoms with E-state index < -0.39 is 17.9 Å². The van der Waals surface area contributed by atoms with Gasteiger partial charge in [-0.05, 0) is 74.2 Å². The van der Waals surface area contributed by atoms with Crippen molar-refractivity contribution >= 4 is 11.7 Å². The number of hydrogen-bond donors (Lipinski definition) is 2. The highest BCUT2D eigenvalue weighted by Crippen LogP contribution is 2.29. The summed E-state index contributed by atoms with van der Waals surface area (Å²) in [6, 6.07) is 13.9. The minimum Gasteiger partial charge on any atom is -0.406 e. The second-order valence-electron chi connectivity index (χ2n) is 11.2. The van der Waals surface area contributed by atoms with E-state index >= 15 is 0 Å². The summed E-state index contributed by atoms with van der Waals surface area (Å²) in [5, 5.41) is 6.58. The number of alkyl halides is 3. The van der Waals surface area contributed by atoms with Gasteiger partial charge in [0.05, 0.1) is 0 Å². The summed E-state index contributed by atoms with van der Waals surface area (Å²) in [5.41, 5.74) is 1.89. The van der Waals surface area contributed by atoms with Crippen molar-refractivity contribution in [1.82, 2.24) is 20.5 Å². The van der Waals surface area contributed by atoms with Crippen LogP contribution in [0, 0.1) is 5.82 Å². The molecule has 0 bridgehead atoms. The third kappa shape index (κ3) is 7.77. The highest BCUT2D eigenvalue weighted by molar-refractivity contribution is 5.95. The van der Waals surface area contributed by atoms with E-state index in [4.69, 9.17) is 4.98 Å². The average Bonchev–Trinajstić information content (AvgIpc) is 2.94. The molecule has 224 valence electrons. The Bertz CT molecular complexity index is 1350. The number of halogens is 4. The van der Waals surface area contributed by atoms with Crippen molar-refractivity contribution in [3.05, 3.63) is 77.7 Å². The van der Waals surface area contributed by atoms with Gasteiger partial charge in [-0.1, -0.05) is 18.2 Å². The molecule has 2 unspecified atom stereocenters. The molecule has 1 aromatic heterocycles. The van der Waals surface area contributed by atoms with Crippen molar-refractivity contribution in [1.29, 1.82) is 0 Å². The summed E-state index contributed by atoms with van der Waals surface area (Å²) in [6.45, 7) is 8.66. The zero-order valence-electron chi connectivity index (χ0n) is 23.6. The molecule has 2 saturated heterocycles. The average molecular weight is 586 g/mol. The topological polar surface area (TPSA) is 69.7 Å². The number of carbonyl (C=O) groups excluding carboxylic acids is 1. The number of piperazine rings is 1. The van der Waals surface area contributed by atoms with E-state index in [2.05, 4.69) is 51.2 Å². The van der Waals surface area contributed by atoms with Crippen molar-refractivity contribution in [3.8, 4) is 16.9 Å². The fourth-order valence-electron chi connectivity index (χ4n) is 5.70. The lowest BCUT2D eigenvalue weighted by molar-refractivity contribution is -0.274. The van der Waals surface area contributed by atoms with E-state index in [-0.39, 0.29) is 23.1 Å². The molecule has 2 atom stereocenters. The molecule has 0 aliphatic carbocycles. The molecule has 5 rings (SSSR count). The van der Waals surface area contributed by atoms with Gasteiger partial charge in [0.1, 0.15) is 17.4 Å². The lowest BCUT2D eigenvalue weighted by Gasteiger charge is -2.37. The van der Waals surface area contributed by atoms with E-state index in [1.807, 2.05) is 6.20 Å². The second kappa shape index (κ2) is 12.7. The van der Waals surface area contributed by atoms with Crippen LogP contribution in [0.25, 0.3) is 11.1 Å². The summed E-state index contributed by atoms with van der Waals surface area (Å²) >= 11 is 0. The third-order valence-corrected chi connectivity index (χ3v) is 7.65. The number of anilines is 1. The number of likely N-dealkylation sites (tertiary alicyclic amines) is 1. The standard InChI is InChI=1S/C31H35F4N5O2/c1-20-17-40(18-21(2)37-20)29-10-3-22(16-36-29)19-39-13-11-25(12-14-39)38-30(41)24-6-9-28(32)27(15-24)23-4-7-26(8-5-23)42-31(33,34)35/h3-10,15-16,20-21,25,37H,11-14,17-19H2,1-2H3,(H,38,41). The Morgan fingerprint density at radius 1 is 1.02 bits per heavy atom. The van der Waals surface area contributed by atoms with Gasteiger partial charge in [-0.3, -0.25) is 9.69 Å². The molecule has 0 radical (unpaired) electrons. The van der Waals surface area contributed by atoms with Crippen molar-refractivity contribution in [2.75, 3.05) is 31.1 Å². The Morgan fingerprint density at radius 2 is 1.71 bits per heavy atom. The van der Waals surface area contributed by atoms with Crippen molar-refractivity contribution in [2.45, 2.75) is 57.7 Å². The number of piperidine rings is 1. The fourth-order valence-corrected chi connectivity index (χ4v) is 5.70. The lowest BCUT2D eigenvalue weighted by atomic mass is 10.0. The maximum Gasteiger partial charge on any atom is 0.573 e. The number of aromatic nitrogens is 1. The van der Waals surface area contributed by atoms with Crippen LogP contribution in [0.15, 0.2) is 60.8 Å². The first-order valence-corrected chi connectivity index (χ1v) is 14.2. The lowest BCUT2D eigenvalue weighted by Crippen LogP contribution is -2.54. The Kier molecular flexibility index (Phi) is 8.98. The largest absolute Gasteiger partial charge is 0.573 e. The first-order chi connectivity index (χ1) is 20.0. The van der Waals surface area contributed by atoms with Gasteiger partial charge in [-0.2, -0.15) is 0 Å². The van der Waals surface area contributed by atoms with Crippen molar-refractivity contribution in [2.24, 2.45) is 0 Å². The Balaban J connectivity index is 1.12. The molecule has 42 heavy (non-hydrogen) atoms. The number of carbonyl (C=O) groups is 1. The molecule has 2 aliphatic heterocycles. The van der Waals surface area contributed by atoms with E-state index in [0.717, 1.165) is 69.1 Å². The predicted octanol–water partition coefficient (Wildman–Crippen LogP) is 5.37. The number of nitrogens with zero attached hydrogens (tertiary/aromatic N) is 3. The molecule has 2 fully saturated rings. The maximum atomic E-state index is 14.6. The summed E-state index contributed by atoms with van der Waals surface area (Å²) in [5.74, 6) is -0.302. The molecule has 0 saturated carbocycles. The van der Waals surface area contributed by atoms with Gasteiger partial charge in [0.25, 0.3) is 5.91 Å². The first-order valence-electron chi connectivity index (χ1n) is 14.2. The number of amides is 1. The maximum absolute atomic E-state index is 14.6. The molecular formula is C31H35F4N5O2. The number of hydrogen-bond acceptors (Lipinski definition) is 6.